The fourth-order valence-corrected chi connectivity index (χ4v) is 0.749. The van der Waals surface area contributed by atoms with Crippen LogP contribution >= 0.6 is 0 Å². The van der Waals surface area contributed by atoms with Crippen molar-refractivity contribution in [3.63, 3.8) is 0 Å². The number of rotatable bonds is 5. The van der Waals surface area contributed by atoms with Crippen LogP contribution in [0, 0.1) is 5.92 Å². The van der Waals surface area contributed by atoms with Gasteiger partial charge in [-0.1, -0.05) is 19.4 Å². The zero-order valence-electron chi connectivity index (χ0n) is 8.28. The number of hydrogen-bond acceptors (Lipinski definition) is 1. The first-order chi connectivity index (χ1) is 5.04. The molecule has 11 heavy (non-hydrogen) atoms. The quantitative estimate of drug-likeness (QED) is 0.602. The van der Waals surface area contributed by atoms with E-state index in [0.717, 1.165) is 18.9 Å². The van der Waals surface area contributed by atoms with Gasteiger partial charge in [-0.2, -0.15) is 0 Å². The van der Waals surface area contributed by atoms with Gasteiger partial charge in [0.05, 0.1) is 0 Å². The Bertz CT molecular complexity index is 116. The molecule has 0 rings (SSSR count). The van der Waals surface area contributed by atoms with E-state index >= 15 is 0 Å². The molecule has 0 aliphatic carbocycles. The van der Waals surface area contributed by atoms with Gasteiger partial charge in [-0.25, -0.2) is 0 Å². The van der Waals surface area contributed by atoms with Gasteiger partial charge in [0.15, 0.2) is 0 Å². The first-order valence-corrected chi connectivity index (χ1v) is 4.41. The Labute approximate surface area is 70.9 Å². The smallest absolute Gasteiger partial charge is 0.00618 e. The predicted molar refractivity (Wildman–Crippen MR) is 51.7 cm³/mol. The summed E-state index contributed by atoms with van der Waals surface area (Å²) in [6.45, 7) is 13.7. The Morgan fingerprint density at radius 3 is 2.27 bits per heavy atom. The van der Waals surface area contributed by atoms with E-state index in [9.17, 15) is 0 Å². The molecule has 0 saturated carbocycles. The largest absolute Gasteiger partial charge is 0.314 e. The molecule has 0 aromatic carbocycles. The maximum absolute atomic E-state index is 3.86. The predicted octanol–water partition coefficient (Wildman–Crippen LogP) is 2.59. The van der Waals surface area contributed by atoms with E-state index in [2.05, 4.69) is 39.6 Å². The Morgan fingerprint density at radius 2 is 1.91 bits per heavy atom. The standard InChI is InChI=1S/C10H21N/c1-8(2)6-7-11-10(5)9(3)4/h9-11H,1,6-7H2,2-5H3. The third-order valence-electron chi connectivity index (χ3n) is 2.02. The van der Waals surface area contributed by atoms with Gasteiger partial charge in [0.25, 0.3) is 0 Å². The molecule has 1 unspecified atom stereocenters. The highest BCUT2D eigenvalue weighted by atomic mass is 14.9. The third kappa shape index (κ3) is 6.11. The minimum Gasteiger partial charge on any atom is -0.314 e. The van der Waals surface area contributed by atoms with Gasteiger partial charge in [-0.05, 0) is 32.7 Å². The van der Waals surface area contributed by atoms with Crippen molar-refractivity contribution in [3.05, 3.63) is 12.2 Å². The molecule has 66 valence electrons. The van der Waals surface area contributed by atoms with E-state index in [0.29, 0.717) is 6.04 Å². The molecule has 0 amide bonds. The summed E-state index contributed by atoms with van der Waals surface area (Å²) in [5.74, 6) is 0.722. The van der Waals surface area contributed by atoms with Crippen LogP contribution in [0.25, 0.3) is 0 Å². The lowest BCUT2D eigenvalue weighted by Gasteiger charge is -2.17. The lowest BCUT2D eigenvalue weighted by atomic mass is 10.1. The van der Waals surface area contributed by atoms with E-state index in [1.165, 1.54) is 5.57 Å². The van der Waals surface area contributed by atoms with Crippen LogP contribution in [0.2, 0.25) is 0 Å². The molecule has 1 atom stereocenters. The van der Waals surface area contributed by atoms with E-state index in [-0.39, 0.29) is 0 Å². The lowest BCUT2D eigenvalue weighted by molar-refractivity contribution is 0.430. The highest BCUT2D eigenvalue weighted by Crippen LogP contribution is 2.00. The zero-order valence-corrected chi connectivity index (χ0v) is 8.28. The molecule has 0 saturated heterocycles. The van der Waals surface area contributed by atoms with Crippen molar-refractivity contribution in [2.45, 2.75) is 40.2 Å². The van der Waals surface area contributed by atoms with Gasteiger partial charge in [0.2, 0.25) is 0 Å². The topological polar surface area (TPSA) is 12.0 Å². The van der Waals surface area contributed by atoms with Gasteiger partial charge in [-0.15, -0.1) is 6.58 Å². The SMILES string of the molecule is C=C(C)CCNC(C)C(C)C. The molecule has 1 heteroatoms. The van der Waals surface area contributed by atoms with E-state index < -0.39 is 0 Å². The highest BCUT2D eigenvalue weighted by Gasteiger charge is 2.04. The fourth-order valence-electron chi connectivity index (χ4n) is 0.749. The fraction of sp³-hybridized carbons (Fsp3) is 0.800. The van der Waals surface area contributed by atoms with E-state index in [1.54, 1.807) is 0 Å². The van der Waals surface area contributed by atoms with Gasteiger partial charge in [0.1, 0.15) is 0 Å². The summed E-state index contributed by atoms with van der Waals surface area (Å²) in [6, 6.07) is 0.620. The van der Waals surface area contributed by atoms with Crippen LogP contribution in [0.1, 0.15) is 34.1 Å². The molecule has 0 fully saturated rings. The van der Waals surface area contributed by atoms with Gasteiger partial charge in [-0.3, -0.25) is 0 Å². The summed E-state index contributed by atoms with van der Waals surface area (Å²) in [5, 5.41) is 3.45. The molecule has 0 aromatic rings. The van der Waals surface area contributed by atoms with Crippen molar-refractivity contribution in [3.8, 4) is 0 Å². The summed E-state index contributed by atoms with van der Waals surface area (Å²) in [6.07, 6.45) is 1.09. The van der Waals surface area contributed by atoms with Gasteiger partial charge >= 0.3 is 0 Å². The van der Waals surface area contributed by atoms with Crippen LogP contribution in [0.3, 0.4) is 0 Å². The summed E-state index contributed by atoms with van der Waals surface area (Å²) in [5.41, 5.74) is 1.26. The van der Waals surface area contributed by atoms with Crippen LogP contribution in [-0.2, 0) is 0 Å². The third-order valence-corrected chi connectivity index (χ3v) is 2.02. The molecule has 0 bridgehead atoms. The summed E-state index contributed by atoms with van der Waals surface area (Å²) in [4.78, 5) is 0. The molecule has 0 radical (unpaired) electrons. The van der Waals surface area contributed by atoms with Crippen molar-refractivity contribution in [1.82, 2.24) is 5.32 Å². The lowest BCUT2D eigenvalue weighted by Crippen LogP contribution is -2.31. The minimum atomic E-state index is 0.620. The second-order valence-electron chi connectivity index (χ2n) is 3.69. The second-order valence-corrected chi connectivity index (χ2v) is 3.69. The molecule has 1 nitrogen and oxygen atoms in total. The van der Waals surface area contributed by atoms with Crippen molar-refractivity contribution >= 4 is 0 Å². The van der Waals surface area contributed by atoms with Crippen LogP contribution in [0.15, 0.2) is 12.2 Å². The van der Waals surface area contributed by atoms with E-state index in [1.807, 2.05) is 0 Å². The van der Waals surface area contributed by atoms with Crippen LogP contribution in [0.4, 0.5) is 0 Å². The normalized spacial score (nSPS) is 13.5. The van der Waals surface area contributed by atoms with Crippen molar-refractivity contribution in [2.24, 2.45) is 5.92 Å². The van der Waals surface area contributed by atoms with Crippen LogP contribution in [-0.4, -0.2) is 12.6 Å². The Hall–Kier alpha value is -0.300. The second kappa shape index (κ2) is 5.36. The maximum Gasteiger partial charge on any atom is 0.00618 e. The minimum absolute atomic E-state index is 0.620. The van der Waals surface area contributed by atoms with Gasteiger partial charge in [0, 0.05) is 6.04 Å². The Kier molecular flexibility index (Phi) is 5.22. The molecular formula is C10H21N. The first kappa shape index (κ1) is 10.7. The zero-order chi connectivity index (χ0) is 8.85. The molecular weight excluding hydrogens is 134 g/mol. The van der Waals surface area contributed by atoms with Gasteiger partial charge < -0.3 is 5.32 Å². The monoisotopic (exact) mass is 155 g/mol. The van der Waals surface area contributed by atoms with Crippen molar-refractivity contribution in [1.29, 1.82) is 0 Å². The van der Waals surface area contributed by atoms with Crippen molar-refractivity contribution in [2.75, 3.05) is 6.54 Å². The summed E-state index contributed by atoms with van der Waals surface area (Å²) >= 11 is 0. The maximum atomic E-state index is 3.86. The number of hydrogen-bond donors (Lipinski definition) is 1. The molecule has 0 aromatic heterocycles. The highest BCUT2D eigenvalue weighted by molar-refractivity contribution is 4.88. The van der Waals surface area contributed by atoms with Crippen LogP contribution in [0.5, 0.6) is 0 Å². The summed E-state index contributed by atoms with van der Waals surface area (Å²) in [7, 11) is 0. The number of nitrogens with one attached hydrogen (secondary N) is 1. The van der Waals surface area contributed by atoms with E-state index in [4.69, 9.17) is 0 Å². The molecule has 0 aliphatic heterocycles. The molecule has 0 spiro atoms. The first-order valence-electron chi connectivity index (χ1n) is 4.41. The Morgan fingerprint density at radius 1 is 1.36 bits per heavy atom. The van der Waals surface area contributed by atoms with Crippen molar-refractivity contribution < 1.29 is 0 Å². The average molecular weight is 155 g/mol. The molecule has 0 heterocycles. The Balaban J connectivity index is 3.31. The average Bonchev–Trinajstić information content (AvgIpc) is 1.86. The molecule has 0 aliphatic rings. The van der Waals surface area contributed by atoms with Crippen LogP contribution < -0.4 is 5.32 Å². The summed E-state index contributed by atoms with van der Waals surface area (Å²) < 4.78 is 0. The molecule has 1 N–H and O–H groups in total.